The Balaban J connectivity index is 2.73. The molecule has 0 fully saturated rings. The molecule has 1 N–H and O–H groups in total. The average Bonchev–Trinajstić information content (AvgIpc) is 2.38. The third-order valence-corrected chi connectivity index (χ3v) is 2.83. The summed E-state index contributed by atoms with van der Waals surface area (Å²) in [5, 5.41) is 8.70. The van der Waals surface area contributed by atoms with Crippen molar-refractivity contribution in [1.29, 1.82) is 0 Å². The van der Waals surface area contributed by atoms with Crippen LogP contribution in [-0.4, -0.2) is 36.2 Å². The van der Waals surface area contributed by atoms with E-state index in [1.54, 1.807) is 4.90 Å². The molecule has 0 radical (unpaired) electrons. The Morgan fingerprint density at radius 3 is 2.53 bits per heavy atom. The number of carbonyl (C=O) groups is 2. The van der Waals surface area contributed by atoms with Gasteiger partial charge in [0, 0.05) is 12.2 Å². The molecule has 0 aliphatic carbocycles. The van der Waals surface area contributed by atoms with Crippen molar-refractivity contribution in [3.63, 3.8) is 0 Å². The molecule has 1 rings (SSSR count). The van der Waals surface area contributed by atoms with Crippen molar-refractivity contribution in [2.75, 3.05) is 18.1 Å². The van der Waals surface area contributed by atoms with Crippen LogP contribution in [0.2, 0.25) is 0 Å². The number of amides is 1. The molecule has 0 unspecified atom stereocenters. The van der Waals surface area contributed by atoms with Crippen LogP contribution < -0.4 is 4.90 Å². The normalized spacial score (nSPS) is 11.9. The Labute approximate surface area is 112 Å². The summed E-state index contributed by atoms with van der Waals surface area (Å²) in [6, 6.07) is 7.54. The van der Waals surface area contributed by atoms with E-state index in [4.69, 9.17) is 9.84 Å². The van der Waals surface area contributed by atoms with Crippen molar-refractivity contribution in [2.24, 2.45) is 0 Å². The van der Waals surface area contributed by atoms with Crippen molar-refractivity contribution < 1.29 is 19.4 Å². The molecule has 0 aliphatic heterocycles. The van der Waals surface area contributed by atoms with Gasteiger partial charge in [-0.3, -0.25) is 4.79 Å². The molecule has 5 nitrogen and oxygen atoms in total. The fourth-order valence-electron chi connectivity index (χ4n) is 1.69. The number of nitrogens with zero attached hydrogens (tertiary/aromatic N) is 1. The van der Waals surface area contributed by atoms with Crippen LogP contribution in [-0.2, 0) is 14.3 Å². The lowest BCUT2D eigenvalue weighted by Gasteiger charge is -2.23. The number of aryl methyl sites for hydroxylation is 1. The highest BCUT2D eigenvalue weighted by Gasteiger charge is 2.18. The molecule has 104 valence electrons. The minimum Gasteiger partial charge on any atom is -0.479 e. The molecule has 0 aliphatic rings. The van der Waals surface area contributed by atoms with E-state index in [-0.39, 0.29) is 12.5 Å². The maximum absolute atomic E-state index is 12.1. The fraction of sp³-hybridized carbons (Fsp3) is 0.429. The van der Waals surface area contributed by atoms with Gasteiger partial charge in [-0.25, -0.2) is 4.79 Å². The highest BCUT2D eigenvalue weighted by molar-refractivity contribution is 5.95. The second kappa shape index (κ2) is 6.89. The zero-order chi connectivity index (χ0) is 14.4. The highest BCUT2D eigenvalue weighted by Crippen LogP contribution is 2.19. The summed E-state index contributed by atoms with van der Waals surface area (Å²) in [7, 11) is 0. The lowest BCUT2D eigenvalue weighted by atomic mass is 10.2. The molecule has 1 atom stereocenters. The molecule has 5 heteroatoms. The van der Waals surface area contributed by atoms with Crippen LogP contribution >= 0.6 is 0 Å². The SMILES string of the molecule is CCN(C(=O)CO[C@@H](C)C(=O)O)c1ccccc1C. The van der Waals surface area contributed by atoms with Gasteiger partial charge in [0.25, 0.3) is 5.91 Å². The summed E-state index contributed by atoms with van der Waals surface area (Å²) >= 11 is 0. The molecule has 1 amide bonds. The van der Waals surface area contributed by atoms with E-state index >= 15 is 0 Å². The first kappa shape index (κ1) is 15.2. The molecule has 0 heterocycles. The number of carboxylic acid groups (broad SMARTS) is 1. The first-order valence-corrected chi connectivity index (χ1v) is 6.17. The molecule has 0 saturated carbocycles. The van der Waals surface area contributed by atoms with Crippen LogP contribution in [0.1, 0.15) is 19.4 Å². The smallest absolute Gasteiger partial charge is 0.332 e. The number of carbonyl (C=O) groups excluding carboxylic acids is 1. The molecule has 0 aromatic heterocycles. The highest BCUT2D eigenvalue weighted by atomic mass is 16.5. The Hall–Kier alpha value is -1.88. The number of benzene rings is 1. The van der Waals surface area contributed by atoms with E-state index in [9.17, 15) is 9.59 Å². The minimum absolute atomic E-state index is 0.240. The van der Waals surface area contributed by atoms with E-state index in [0.717, 1.165) is 11.3 Å². The van der Waals surface area contributed by atoms with Gasteiger partial charge >= 0.3 is 5.97 Å². The molecule has 0 saturated heterocycles. The maximum Gasteiger partial charge on any atom is 0.332 e. The second-order valence-corrected chi connectivity index (χ2v) is 4.22. The van der Waals surface area contributed by atoms with Gasteiger partial charge in [0.15, 0.2) is 6.10 Å². The Kier molecular flexibility index (Phi) is 5.51. The Morgan fingerprint density at radius 1 is 1.37 bits per heavy atom. The topological polar surface area (TPSA) is 66.8 Å². The number of likely N-dealkylation sites (N-methyl/N-ethyl adjacent to an activating group) is 1. The number of aliphatic carboxylic acids is 1. The van der Waals surface area contributed by atoms with Gasteiger partial charge in [0.2, 0.25) is 0 Å². The summed E-state index contributed by atoms with van der Waals surface area (Å²) in [5.74, 6) is -1.32. The van der Waals surface area contributed by atoms with Crippen LogP contribution in [0.4, 0.5) is 5.69 Å². The molecule has 1 aromatic rings. The van der Waals surface area contributed by atoms with Crippen molar-refractivity contribution in [1.82, 2.24) is 0 Å². The fourth-order valence-corrected chi connectivity index (χ4v) is 1.69. The number of hydrogen-bond acceptors (Lipinski definition) is 3. The van der Waals surface area contributed by atoms with Crippen LogP contribution in [0.25, 0.3) is 0 Å². The lowest BCUT2D eigenvalue weighted by molar-refractivity contribution is -0.150. The second-order valence-electron chi connectivity index (χ2n) is 4.22. The Bertz CT molecular complexity index is 459. The van der Waals surface area contributed by atoms with Gasteiger partial charge in [-0.2, -0.15) is 0 Å². The predicted octanol–water partition coefficient (Wildman–Crippen LogP) is 1.84. The van der Waals surface area contributed by atoms with Gasteiger partial charge in [0.05, 0.1) is 0 Å². The number of anilines is 1. The van der Waals surface area contributed by atoms with Crippen LogP contribution in [0.15, 0.2) is 24.3 Å². The molecular formula is C14H19NO4. The summed E-state index contributed by atoms with van der Waals surface area (Å²) in [6.07, 6.45) is -0.987. The molecule has 1 aromatic carbocycles. The third kappa shape index (κ3) is 4.06. The van der Waals surface area contributed by atoms with E-state index < -0.39 is 12.1 Å². The van der Waals surface area contributed by atoms with Gasteiger partial charge < -0.3 is 14.7 Å². The van der Waals surface area contributed by atoms with Gasteiger partial charge in [0.1, 0.15) is 6.61 Å². The first-order valence-electron chi connectivity index (χ1n) is 6.17. The van der Waals surface area contributed by atoms with E-state index in [0.29, 0.717) is 6.54 Å². The first-order chi connectivity index (χ1) is 8.97. The predicted molar refractivity (Wildman–Crippen MR) is 72.3 cm³/mol. The molecule has 19 heavy (non-hydrogen) atoms. The maximum atomic E-state index is 12.1. The summed E-state index contributed by atoms with van der Waals surface area (Å²) in [4.78, 5) is 24.3. The number of para-hydroxylation sites is 1. The van der Waals surface area contributed by atoms with Gasteiger partial charge in [-0.15, -0.1) is 0 Å². The number of rotatable bonds is 6. The lowest BCUT2D eigenvalue weighted by Crippen LogP contribution is -2.36. The zero-order valence-corrected chi connectivity index (χ0v) is 11.4. The van der Waals surface area contributed by atoms with Crippen LogP contribution in [0, 0.1) is 6.92 Å². The quantitative estimate of drug-likeness (QED) is 0.852. The van der Waals surface area contributed by atoms with Crippen LogP contribution in [0.5, 0.6) is 0 Å². The Morgan fingerprint density at radius 2 is 2.00 bits per heavy atom. The van der Waals surface area contributed by atoms with Crippen LogP contribution in [0.3, 0.4) is 0 Å². The van der Waals surface area contributed by atoms with Crippen molar-refractivity contribution in [2.45, 2.75) is 26.9 Å². The third-order valence-electron chi connectivity index (χ3n) is 2.83. The monoisotopic (exact) mass is 265 g/mol. The number of ether oxygens (including phenoxy) is 1. The van der Waals surface area contributed by atoms with E-state index in [1.807, 2.05) is 38.1 Å². The molecule has 0 bridgehead atoms. The van der Waals surface area contributed by atoms with E-state index in [2.05, 4.69) is 0 Å². The summed E-state index contributed by atoms with van der Waals surface area (Å²) in [6.45, 7) is 5.46. The summed E-state index contributed by atoms with van der Waals surface area (Å²) in [5.41, 5.74) is 1.81. The summed E-state index contributed by atoms with van der Waals surface area (Å²) < 4.78 is 5.02. The minimum atomic E-state index is -1.08. The number of carboxylic acids is 1. The number of hydrogen-bond donors (Lipinski definition) is 1. The largest absolute Gasteiger partial charge is 0.479 e. The standard InChI is InChI=1S/C14H19NO4/c1-4-15(12-8-6-5-7-10(12)2)13(16)9-19-11(3)14(17)18/h5-8,11H,4,9H2,1-3H3,(H,17,18)/t11-/m0/s1. The van der Waals surface area contributed by atoms with Gasteiger partial charge in [-0.05, 0) is 32.4 Å². The molecular weight excluding hydrogens is 246 g/mol. The zero-order valence-electron chi connectivity index (χ0n) is 11.4. The van der Waals surface area contributed by atoms with E-state index in [1.165, 1.54) is 6.92 Å². The van der Waals surface area contributed by atoms with Gasteiger partial charge in [-0.1, -0.05) is 18.2 Å². The van der Waals surface area contributed by atoms with Crippen molar-refractivity contribution in [3.05, 3.63) is 29.8 Å². The average molecular weight is 265 g/mol. The van der Waals surface area contributed by atoms with Crippen molar-refractivity contribution in [3.8, 4) is 0 Å². The van der Waals surface area contributed by atoms with Crippen molar-refractivity contribution >= 4 is 17.6 Å². The molecule has 0 spiro atoms.